The first kappa shape index (κ1) is 18.9. The Labute approximate surface area is 151 Å². The molecule has 3 rings (SSSR count). The topological polar surface area (TPSA) is 49.6 Å². The molecule has 2 heterocycles. The molecule has 0 aromatic carbocycles. The van der Waals surface area contributed by atoms with E-state index >= 15 is 0 Å². The second kappa shape index (κ2) is 7.38. The molecule has 0 aliphatic heterocycles. The van der Waals surface area contributed by atoms with E-state index in [9.17, 15) is 13.2 Å². The van der Waals surface area contributed by atoms with E-state index in [0.29, 0.717) is 24.1 Å². The first-order valence-electron chi connectivity index (χ1n) is 8.98. The Morgan fingerprint density at radius 2 is 1.81 bits per heavy atom. The molecule has 0 radical (unpaired) electrons. The number of likely N-dealkylation sites (N-methyl/N-ethyl adjacent to an activating group) is 2. The number of rotatable bonds is 5. The summed E-state index contributed by atoms with van der Waals surface area (Å²) < 4.78 is 40.0. The van der Waals surface area contributed by atoms with Crippen LogP contribution in [0.1, 0.15) is 43.6 Å². The molecule has 0 spiro atoms. The van der Waals surface area contributed by atoms with Gasteiger partial charge in [-0.25, -0.2) is 4.98 Å². The molecule has 0 bridgehead atoms. The van der Waals surface area contributed by atoms with Gasteiger partial charge in [-0.3, -0.25) is 0 Å². The van der Waals surface area contributed by atoms with Crippen molar-refractivity contribution in [2.45, 2.75) is 51.2 Å². The Kier molecular flexibility index (Phi) is 5.36. The summed E-state index contributed by atoms with van der Waals surface area (Å²) in [5, 5.41) is 3.63. The van der Waals surface area contributed by atoms with Crippen molar-refractivity contribution in [2.24, 2.45) is 0 Å². The first-order chi connectivity index (χ1) is 12.3. The smallest absolute Gasteiger partial charge is 0.358 e. The van der Waals surface area contributed by atoms with Crippen molar-refractivity contribution in [3.8, 4) is 0 Å². The number of halogens is 3. The predicted octanol–water partition coefficient (Wildman–Crippen LogP) is 3.15. The molecule has 0 saturated heterocycles. The van der Waals surface area contributed by atoms with Crippen molar-refractivity contribution < 1.29 is 13.2 Å². The van der Waals surface area contributed by atoms with Crippen LogP contribution < -0.4 is 4.90 Å². The maximum atomic E-state index is 12.9. The van der Waals surface area contributed by atoms with Crippen LogP contribution in [0.3, 0.4) is 0 Å². The van der Waals surface area contributed by atoms with E-state index in [4.69, 9.17) is 0 Å². The molecule has 2 aromatic rings. The van der Waals surface area contributed by atoms with E-state index in [2.05, 4.69) is 27.0 Å². The second-order valence-corrected chi connectivity index (χ2v) is 7.09. The second-order valence-electron chi connectivity index (χ2n) is 7.09. The number of aryl methyl sites for hydroxylation is 1. The summed E-state index contributed by atoms with van der Waals surface area (Å²) in [5.41, 5.74) is 0.612. The number of alkyl halides is 3. The fourth-order valence-electron chi connectivity index (χ4n) is 3.49. The zero-order valence-corrected chi connectivity index (χ0v) is 15.4. The van der Waals surface area contributed by atoms with Gasteiger partial charge >= 0.3 is 6.18 Å². The highest BCUT2D eigenvalue weighted by atomic mass is 19.4. The van der Waals surface area contributed by atoms with E-state index in [1.165, 1.54) is 36.6 Å². The molecular formula is C17H25F3N6. The summed E-state index contributed by atoms with van der Waals surface area (Å²) in [6, 6.07) is 2.34. The lowest BCUT2D eigenvalue weighted by molar-refractivity contribution is -0.144. The molecule has 0 unspecified atom stereocenters. The molecule has 1 aliphatic carbocycles. The molecule has 1 saturated carbocycles. The maximum absolute atomic E-state index is 12.9. The minimum atomic E-state index is -4.58. The van der Waals surface area contributed by atoms with Crippen LogP contribution in [-0.2, 0) is 6.18 Å². The van der Waals surface area contributed by atoms with Gasteiger partial charge in [0.2, 0.25) is 0 Å². The maximum Gasteiger partial charge on any atom is 0.453 e. The Morgan fingerprint density at radius 3 is 2.46 bits per heavy atom. The van der Waals surface area contributed by atoms with Crippen LogP contribution in [0.15, 0.2) is 6.07 Å². The highest BCUT2D eigenvalue weighted by molar-refractivity contribution is 5.47. The average Bonchev–Trinajstić information content (AvgIpc) is 3.03. The third-order valence-electron chi connectivity index (χ3n) is 5.05. The zero-order chi connectivity index (χ0) is 18.9. The summed E-state index contributed by atoms with van der Waals surface area (Å²) in [6.07, 6.45) is 1.71. The largest absolute Gasteiger partial charge is 0.453 e. The van der Waals surface area contributed by atoms with Gasteiger partial charge in [0.05, 0.1) is 0 Å². The van der Waals surface area contributed by atoms with Gasteiger partial charge in [0.1, 0.15) is 5.82 Å². The summed E-state index contributed by atoms with van der Waals surface area (Å²) in [7, 11) is 3.98. The molecule has 144 valence electrons. The fraction of sp³-hybridized carbons (Fsp3) is 0.706. The summed E-state index contributed by atoms with van der Waals surface area (Å²) in [5.74, 6) is -0.628. The van der Waals surface area contributed by atoms with Crippen LogP contribution >= 0.6 is 0 Å². The molecule has 6 nitrogen and oxygen atoms in total. The van der Waals surface area contributed by atoms with Crippen LogP contribution in [0, 0.1) is 6.92 Å². The minimum absolute atomic E-state index is 0.0280. The van der Waals surface area contributed by atoms with E-state index in [0.717, 1.165) is 6.54 Å². The normalized spacial score (nSPS) is 16.6. The molecule has 9 heteroatoms. The Morgan fingerprint density at radius 1 is 1.12 bits per heavy atom. The molecule has 0 amide bonds. The van der Waals surface area contributed by atoms with Gasteiger partial charge in [-0.2, -0.15) is 22.7 Å². The van der Waals surface area contributed by atoms with Crippen molar-refractivity contribution in [2.75, 3.05) is 32.1 Å². The van der Waals surface area contributed by atoms with Crippen molar-refractivity contribution in [3.63, 3.8) is 0 Å². The first-order valence-corrected chi connectivity index (χ1v) is 8.98. The van der Waals surface area contributed by atoms with Gasteiger partial charge in [0, 0.05) is 37.9 Å². The third kappa shape index (κ3) is 4.08. The highest BCUT2D eigenvalue weighted by Crippen LogP contribution is 2.27. The van der Waals surface area contributed by atoms with E-state index in [1.807, 2.05) is 11.9 Å². The lowest BCUT2D eigenvalue weighted by atomic mass is 9.94. The molecule has 26 heavy (non-hydrogen) atoms. The quantitative estimate of drug-likeness (QED) is 0.809. The van der Waals surface area contributed by atoms with Crippen LogP contribution in [0.25, 0.3) is 5.78 Å². The van der Waals surface area contributed by atoms with E-state index in [-0.39, 0.29) is 5.78 Å². The van der Waals surface area contributed by atoms with Crippen LogP contribution in [-0.4, -0.2) is 57.7 Å². The number of aromatic nitrogens is 4. The van der Waals surface area contributed by atoms with Crippen molar-refractivity contribution in [3.05, 3.63) is 17.6 Å². The van der Waals surface area contributed by atoms with Crippen LogP contribution in [0.5, 0.6) is 0 Å². The average molecular weight is 370 g/mol. The standard InChI is InChI=1S/C17H25F3N6/c1-12-11-14(26-16(21-12)22-15(23-26)17(18,19)20)25(3)10-9-24(2)13-7-5-4-6-8-13/h11,13H,4-10H2,1-3H3. The highest BCUT2D eigenvalue weighted by Gasteiger charge is 2.37. The van der Waals surface area contributed by atoms with Gasteiger partial charge in [-0.1, -0.05) is 19.3 Å². The third-order valence-corrected chi connectivity index (χ3v) is 5.05. The number of nitrogens with zero attached hydrogens (tertiary/aromatic N) is 6. The minimum Gasteiger partial charge on any atom is -0.358 e. The Hall–Kier alpha value is -1.90. The molecule has 1 fully saturated rings. The SMILES string of the molecule is Cc1cc(N(C)CCN(C)C2CCCCC2)n2nc(C(F)(F)F)nc2n1. The zero-order valence-electron chi connectivity index (χ0n) is 15.4. The Balaban J connectivity index is 1.76. The van der Waals surface area contributed by atoms with Crippen molar-refractivity contribution in [1.82, 2.24) is 24.5 Å². The van der Waals surface area contributed by atoms with Gasteiger partial charge in [-0.15, -0.1) is 5.10 Å². The molecular weight excluding hydrogens is 345 g/mol. The Bertz CT molecular complexity index is 751. The van der Waals surface area contributed by atoms with Crippen molar-refractivity contribution in [1.29, 1.82) is 0 Å². The molecule has 0 atom stereocenters. The van der Waals surface area contributed by atoms with Gasteiger partial charge in [0.25, 0.3) is 11.6 Å². The summed E-state index contributed by atoms with van der Waals surface area (Å²) in [4.78, 5) is 11.9. The van der Waals surface area contributed by atoms with Gasteiger partial charge < -0.3 is 9.80 Å². The van der Waals surface area contributed by atoms with E-state index in [1.54, 1.807) is 13.0 Å². The molecule has 1 aliphatic rings. The molecule has 2 aromatic heterocycles. The van der Waals surface area contributed by atoms with Crippen LogP contribution in [0.4, 0.5) is 19.0 Å². The molecule has 0 N–H and O–H groups in total. The predicted molar refractivity (Wildman–Crippen MR) is 93.3 cm³/mol. The monoisotopic (exact) mass is 370 g/mol. The summed E-state index contributed by atoms with van der Waals surface area (Å²) in [6.45, 7) is 3.27. The van der Waals surface area contributed by atoms with Gasteiger partial charge in [0.15, 0.2) is 0 Å². The summed E-state index contributed by atoms with van der Waals surface area (Å²) >= 11 is 0. The lowest BCUT2D eigenvalue weighted by Gasteiger charge is -2.32. The lowest BCUT2D eigenvalue weighted by Crippen LogP contribution is -2.39. The number of hydrogen-bond donors (Lipinski definition) is 0. The number of hydrogen-bond acceptors (Lipinski definition) is 5. The van der Waals surface area contributed by atoms with E-state index < -0.39 is 12.0 Å². The van der Waals surface area contributed by atoms with Crippen molar-refractivity contribution >= 4 is 11.6 Å². The van der Waals surface area contributed by atoms with Crippen LogP contribution in [0.2, 0.25) is 0 Å². The number of fused-ring (bicyclic) bond motifs is 1. The van der Waals surface area contributed by atoms with Gasteiger partial charge in [-0.05, 0) is 26.8 Å². The fourth-order valence-corrected chi connectivity index (χ4v) is 3.49. The number of anilines is 1.